The summed E-state index contributed by atoms with van der Waals surface area (Å²) < 4.78 is 27.0. The van der Waals surface area contributed by atoms with Gasteiger partial charge in [0.05, 0.1) is 5.02 Å². The van der Waals surface area contributed by atoms with Gasteiger partial charge in [-0.1, -0.05) is 37.1 Å². The first-order chi connectivity index (χ1) is 13.8. The summed E-state index contributed by atoms with van der Waals surface area (Å²) in [7, 11) is -1.92. The molecular weight excluding hydrogens is 414 g/mol. The number of hydrogen-bond acceptors (Lipinski definition) is 4. The van der Waals surface area contributed by atoms with E-state index >= 15 is 0 Å². The predicted molar refractivity (Wildman–Crippen MR) is 113 cm³/mol. The number of carbonyl (C=O) groups is 2. The molecule has 0 radical (unpaired) electrons. The van der Waals surface area contributed by atoms with E-state index in [1.54, 1.807) is 21.9 Å². The Labute approximate surface area is 178 Å². The summed E-state index contributed by atoms with van der Waals surface area (Å²) in [6.45, 7) is 3.91. The molecular formula is C20H30ClN3O4S. The van der Waals surface area contributed by atoms with Crippen molar-refractivity contribution >= 4 is 33.4 Å². The van der Waals surface area contributed by atoms with Crippen LogP contribution in [0.5, 0.6) is 0 Å². The van der Waals surface area contributed by atoms with Crippen molar-refractivity contribution in [3.05, 3.63) is 29.3 Å². The second kappa shape index (κ2) is 10.9. The molecule has 29 heavy (non-hydrogen) atoms. The molecule has 1 saturated heterocycles. The van der Waals surface area contributed by atoms with Gasteiger partial charge in [-0.3, -0.25) is 9.59 Å². The van der Waals surface area contributed by atoms with Crippen molar-refractivity contribution in [3.8, 4) is 0 Å². The molecule has 0 atom stereocenters. The summed E-state index contributed by atoms with van der Waals surface area (Å²) in [5.41, 5.74) is 0. The van der Waals surface area contributed by atoms with Crippen molar-refractivity contribution in [2.75, 3.05) is 33.2 Å². The van der Waals surface area contributed by atoms with Crippen LogP contribution in [-0.2, 0) is 19.6 Å². The number of hydrogen-bond donors (Lipinski definition) is 1. The number of carbonyl (C=O) groups excluding carboxylic acids is 2. The average Bonchev–Trinajstić information content (AvgIpc) is 2.71. The SMILES string of the molecule is CCCCN(C)C(=O)C1CCN(C(=O)CCNS(=O)(=O)c2ccccc2Cl)CC1. The van der Waals surface area contributed by atoms with Crippen molar-refractivity contribution in [2.45, 2.75) is 43.9 Å². The summed E-state index contributed by atoms with van der Waals surface area (Å²) in [6, 6.07) is 6.18. The van der Waals surface area contributed by atoms with Gasteiger partial charge >= 0.3 is 0 Å². The van der Waals surface area contributed by atoms with Gasteiger partial charge < -0.3 is 9.80 Å². The number of nitrogens with one attached hydrogen (secondary N) is 1. The maximum Gasteiger partial charge on any atom is 0.242 e. The maximum absolute atomic E-state index is 12.5. The zero-order valence-corrected chi connectivity index (χ0v) is 18.6. The molecule has 0 bridgehead atoms. The van der Waals surface area contributed by atoms with Crippen LogP contribution in [0.4, 0.5) is 0 Å². The van der Waals surface area contributed by atoms with Crippen molar-refractivity contribution in [2.24, 2.45) is 5.92 Å². The Morgan fingerprint density at radius 2 is 1.90 bits per heavy atom. The minimum atomic E-state index is -3.76. The summed E-state index contributed by atoms with van der Waals surface area (Å²) in [5.74, 6) is -0.00484. The van der Waals surface area contributed by atoms with Crippen LogP contribution < -0.4 is 4.72 Å². The molecule has 2 amide bonds. The number of sulfonamides is 1. The van der Waals surface area contributed by atoms with Crippen LogP contribution in [0.2, 0.25) is 5.02 Å². The minimum Gasteiger partial charge on any atom is -0.346 e. The van der Waals surface area contributed by atoms with Crippen LogP contribution in [0.1, 0.15) is 39.0 Å². The van der Waals surface area contributed by atoms with Gasteiger partial charge in [0.25, 0.3) is 0 Å². The fraction of sp³-hybridized carbons (Fsp3) is 0.600. The Balaban J connectivity index is 1.77. The largest absolute Gasteiger partial charge is 0.346 e. The van der Waals surface area contributed by atoms with E-state index in [-0.39, 0.29) is 40.6 Å². The van der Waals surface area contributed by atoms with Crippen LogP contribution in [-0.4, -0.2) is 63.3 Å². The molecule has 1 aromatic carbocycles. The molecule has 1 N–H and O–H groups in total. The third kappa shape index (κ3) is 6.69. The van der Waals surface area contributed by atoms with Crippen molar-refractivity contribution < 1.29 is 18.0 Å². The Morgan fingerprint density at radius 1 is 1.24 bits per heavy atom. The van der Waals surface area contributed by atoms with Crippen molar-refractivity contribution in [3.63, 3.8) is 0 Å². The van der Waals surface area contributed by atoms with Crippen LogP contribution >= 0.6 is 11.6 Å². The van der Waals surface area contributed by atoms with E-state index in [0.717, 1.165) is 19.4 Å². The fourth-order valence-corrected chi connectivity index (χ4v) is 4.93. The number of nitrogens with zero attached hydrogens (tertiary/aromatic N) is 2. The van der Waals surface area contributed by atoms with Crippen LogP contribution in [0.25, 0.3) is 0 Å². The van der Waals surface area contributed by atoms with Gasteiger partial charge in [-0.05, 0) is 31.4 Å². The van der Waals surface area contributed by atoms with Crippen LogP contribution in [0, 0.1) is 5.92 Å². The summed E-state index contributed by atoms with van der Waals surface area (Å²) in [6.07, 6.45) is 3.39. The first-order valence-corrected chi connectivity index (χ1v) is 11.9. The Morgan fingerprint density at radius 3 is 2.52 bits per heavy atom. The highest BCUT2D eigenvalue weighted by atomic mass is 35.5. The number of unbranched alkanes of at least 4 members (excludes halogenated alkanes) is 1. The molecule has 1 aliphatic rings. The van der Waals surface area contributed by atoms with E-state index in [9.17, 15) is 18.0 Å². The zero-order chi connectivity index (χ0) is 21.4. The number of rotatable bonds is 9. The summed E-state index contributed by atoms with van der Waals surface area (Å²) >= 11 is 5.94. The highest BCUT2D eigenvalue weighted by molar-refractivity contribution is 7.89. The highest BCUT2D eigenvalue weighted by Crippen LogP contribution is 2.21. The molecule has 162 valence electrons. The molecule has 1 heterocycles. The molecule has 0 saturated carbocycles. The number of piperidine rings is 1. The normalized spacial score (nSPS) is 15.3. The van der Waals surface area contributed by atoms with E-state index in [1.807, 2.05) is 7.05 Å². The number of benzene rings is 1. The van der Waals surface area contributed by atoms with Crippen molar-refractivity contribution in [1.29, 1.82) is 0 Å². The Bertz CT molecular complexity index is 808. The van der Waals surface area contributed by atoms with E-state index in [2.05, 4.69) is 11.6 Å². The van der Waals surface area contributed by atoms with Crippen LogP contribution in [0.15, 0.2) is 29.2 Å². The standard InChI is InChI=1S/C20H30ClN3O4S/c1-3-4-13-23(2)20(26)16-10-14-24(15-11-16)19(25)9-12-22-29(27,28)18-8-6-5-7-17(18)21/h5-8,16,22H,3-4,9-15H2,1-2H3. The molecule has 9 heteroatoms. The molecule has 0 unspecified atom stereocenters. The van der Waals surface area contributed by atoms with E-state index < -0.39 is 10.0 Å². The van der Waals surface area contributed by atoms with E-state index in [0.29, 0.717) is 25.9 Å². The van der Waals surface area contributed by atoms with Gasteiger partial charge in [-0.25, -0.2) is 13.1 Å². The number of halogens is 1. The summed E-state index contributed by atoms with van der Waals surface area (Å²) in [5, 5.41) is 0.141. The lowest BCUT2D eigenvalue weighted by atomic mass is 9.95. The first kappa shape index (κ1) is 23.6. The second-order valence-electron chi connectivity index (χ2n) is 7.35. The van der Waals surface area contributed by atoms with Gasteiger partial charge in [-0.15, -0.1) is 0 Å². The van der Waals surface area contributed by atoms with Crippen molar-refractivity contribution in [1.82, 2.24) is 14.5 Å². The fourth-order valence-electron chi connectivity index (χ4n) is 3.38. The lowest BCUT2D eigenvalue weighted by Gasteiger charge is -2.33. The number of amides is 2. The van der Waals surface area contributed by atoms with Crippen LogP contribution in [0.3, 0.4) is 0 Å². The van der Waals surface area contributed by atoms with E-state index in [1.165, 1.54) is 12.1 Å². The molecule has 7 nitrogen and oxygen atoms in total. The molecule has 0 spiro atoms. The monoisotopic (exact) mass is 443 g/mol. The smallest absolute Gasteiger partial charge is 0.242 e. The average molecular weight is 444 g/mol. The molecule has 1 aromatic rings. The molecule has 2 rings (SSSR count). The lowest BCUT2D eigenvalue weighted by molar-refractivity contribution is -0.139. The van der Waals surface area contributed by atoms with E-state index in [4.69, 9.17) is 11.6 Å². The molecule has 0 aromatic heterocycles. The highest BCUT2D eigenvalue weighted by Gasteiger charge is 2.29. The van der Waals surface area contributed by atoms with Gasteiger partial charge in [-0.2, -0.15) is 0 Å². The van der Waals surface area contributed by atoms with Gasteiger partial charge in [0, 0.05) is 45.6 Å². The number of likely N-dealkylation sites (tertiary alicyclic amines) is 1. The van der Waals surface area contributed by atoms with Gasteiger partial charge in [0.15, 0.2) is 0 Å². The lowest BCUT2D eigenvalue weighted by Crippen LogP contribution is -2.44. The minimum absolute atomic E-state index is 0.000588. The second-order valence-corrected chi connectivity index (χ2v) is 9.49. The first-order valence-electron chi connectivity index (χ1n) is 10.0. The topological polar surface area (TPSA) is 86.8 Å². The third-order valence-corrected chi connectivity index (χ3v) is 7.14. The Hall–Kier alpha value is -1.64. The van der Waals surface area contributed by atoms with Gasteiger partial charge in [0.2, 0.25) is 21.8 Å². The predicted octanol–water partition coefficient (Wildman–Crippen LogP) is 2.51. The maximum atomic E-state index is 12.5. The quantitative estimate of drug-likeness (QED) is 0.635. The Kier molecular flexibility index (Phi) is 8.92. The van der Waals surface area contributed by atoms with Gasteiger partial charge in [0.1, 0.15) is 4.90 Å². The third-order valence-electron chi connectivity index (χ3n) is 5.18. The molecule has 1 aliphatic heterocycles. The molecule has 1 fully saturated rings. The molecule has 0 aliphatic carbocycles. The zero-order valence-electron chi connectivity index (χ0n) is 17.1. The summed E-state index contributed by atoms with van der Waals surface area (Å²) in [4.78, 5) is 28.4.